The molecule has 18 heavy (non-hydrogen) atoms. The molecule has 0 saturated heterocycles. The van der Waals surface area contributed by atoms with Crippen LogP contribution in [0, 0.1) is 6.92 Å². The third-order valence-corrected chi connectivity index (χ3v) is 4.23. The van der Waals surface area contributed by atoms with Crippen molar-refractivity contribution in [2.45, 2.75) is 6.92 Å². The van der Waals surface area contributed by atoms with Gasteiger partial charge in [-0.05, 0) is 32.9 Å². The number of carbonyl (C=O) groups is 1. The van der Waals surface area contributed by atoms with Gasteiger partial charge in [-0.25, -0.2) is 0 Å². The highest BCUT2D eigenvalue weighted by Crippen LogP contribution is 2.30. The highest BCUT2D eigenvalue weighted by molar-refractivity contribution is 7.66. The maximum absolute atomic E-state index is 12.2. The van der Waals surface area contributed by atoms with E-state index in [2.05, 4.69) is 0 Å². The minimum Gasteiger partial charge on any atom is -0.289 e. The molecule has 0 aliphatic heterocycles. The van der Waals surface area contributed by atoms with Crippen LogP contribution in [0.3, 0.4) is 0 Å². The smallest absolute Gasteiger partial charge is 0.188 e. The Kier molecular flexibility index (Phi) is 4.40. The average molecular weight is 297 g/mol. The summed E-state index contributed by atoms with van der Waals surface area (Å²) >= 11 is 12.0. The molecule has 0 N–H and O–H groups in total. The van der Waals surface area contributed by atoms with Gasteiger partial charge in [-0.15, -0.1) is 0 Å². The zero-order valence-corrected chi connectivity index (χ0v) is 12.2. The van der Waals surface area contributed by atoms with Gasteiger partial charge in [0.15, 0.2) is 5.52 Å². The lowest BCUT2D eigenvalue weighted by Crippen LogP contribution is -2.02. The summed E-state index contributed by atoms with van der Waals surface area (Å²) in [4.78, 5) is 12.2. The molecule has 4 heteroatoms. The first-order valence-corrected chi connectivity index (χ1v) is 7.15. The van der Waals surface area contributed by atoms with Crippen LogP contribution in [0.15, 0.2) is 42.5 Å². The van der Waals surface area contributed by atoms with Crippen LogP contribution in [-0.4, -0.2) is 5.52 Å². The van der Waals surface area contributed by atoms with E-state index in [1.807, 2.05) is 31.2 Å². The normalized spacial score (nSPS) is 11.1. The van der Waals surface area contributed by atoms with Gasteiger partial charge in [0.05, 0.1) is 15.6 Å². The largest absolute Gasteiger partial charge is 0.289 e. The van der Waals surface area contributed by atoms with Crippen molar-refractivity contribution in [3.63, 3.8) is 0 Å². The van der Waals surface area contributed by atoms with Crippen molar-refractivity contribution in [2.24, 2.45) is 0 Å². The van der Waals surface area contributed by atoms with Crippen LogP contribution >= 0.6 is 31.8 Å². The van der Waals surface area contributed by atoms with Crippen molar-refractivity contribution in [1.29, 1.82) is 0 Å². The molecule has 0 heterocycles. The third kappa shape index (κ3) is 3.11. The minimum atomic E-state index is -0.0329. The molecular formula is C14H11Cl2OP. The van der Waals surface area contributed by atoms with Gasteiger partial charge in [0.2, 0.25) is 0 Å². The summed E-state index contributed by atoms with van der Waals surface area (Å²) < 4.78 is 0. The van der Waals surface area contributed by atoms with E-state index in [0.717, 1.165) is 5.30 Å². The molecule has 1 unspecified atom stereocenters. The van der Waals surface area contributed by atoms with E-state index in [4.69, 9.17) is 23.2 Å². The summed E-state index contributed by atoms with van der Waals surface area (Å²) in [7, 11) is 0.0370. The summed E-state index contributed by atoms with van der Waals surface area (Å²) in [6.07, 6.45) is 0. The molecule has 0 saturated carbocycles. The van der Waals surface area contributed by atoms with Gasteiger partial charge in [-0.2, -0.15) is 0 Å². The van der Waals surface area contributed by atoms with Crippen LogP contribution in [0.4, 0.5) is 0 Å². The minimum absolute atomic E-state index is 0.0329. The summed E-state index contributed by atoms with van der Waals surface area (Å²) in [5.74, 6) is 0. The number of benzene rings is 2. The van der Waals surface area contributed by atoms with Gasteiger partial charge < -0.3 is 0 Å². The molecule has 2 aromatic rings. The number of hydrogen-bond acceptors (Lipinski definition) is 1. The van der Waals surface area contributed by atoms with E-state index >= 15 is 0 Å². The first-order valence-electron chi connectivity index (χ1n) is 5.40. The summed E-state index contributed by atoms with van der Waals surface area (Å²) in [5, 5.41) is 1.81. The molecule has 2 rings (SSSR count). The highest BCUT2D eigenvalue weighted by atomic mass is 35.5. The Hall–Kier alpha value is -0.880. The monoisotopic (exact) mass is 296 g/mol. The van der Waals surface area contributed by atoms with Crippen molar-refractivity contribution in [3.8, 4) is 0 Å². The highest BCUT2D eigenvalue weighted by Gasteiger charge is 2.14. The zero-order chi connectivity index (χ0) is 13.1. The Labute approximate surface area is 118 Å². The van der Waals surface area contributed by atoms with E-state index in [1.54, 1.807) is 18.2 Å². The standard InChI is InChI=1S/C14H11Cl2OP/c1-9-5-7-10(8-6-9)18-14(17)13-11(15)3-2-4-12(13)16/h2-8,18H,1H3. The quantitative estimate of drug-likeness (QED) is 0.765. The molecule has 0 aliphatic rings. The predicted molar refractivity (Wildman–Crippen MR) is 79.9 cm³/mol. The van der Waals surface area contributed by atoms with Crippen LogP contribution < -0.4 is 5.30 Å². The molecule has 0 fully saturated rings. The number of hydrogen-bond donors (Lipinski definition) is 0. The van der Waals surface area contributed by atoms with E-state index in [0.29, 0.717) is 15.6 Å². The van der Waals surface area contributed by atoms with Gasteiger partial charge in [-0.3, -0.25) is 4.79 Å². The van der Waals surface area contributed by atoms with Gasteiger partial charge in [0.1, 0.15) is 0 Å². The molecule has 0 aliphatic carbocycles. The predicted octanol–water partition coefficient (Wildman–Crippen LogP) is 4.45. The van der Waals surface area contributed by atoms with Gasteiger partial charge in [0, 0.05) is 0 Å². The second-order valence-corrected chi connectivity index (χ2v) is 6.01. The van der Waals surface area contributed by atoms with Crippen LogP contribution in [0.2, 0.25) is 10.0 Å². The van der Waals surface area contributed by atoms with Crippen molar-refractivity contribution in [1.82, 2.24) is 0 Å². The molecule has 2 aromatic carbocycles. The topological polar surface area (TPSA) is 17.1 Å². The maximum Gasteiger partial charge on any atom is 0.188 e. The van der Waals surface area contributed by atoms with Crippen LogP contribution in [-0.2, 0) is 0 Å². The van der Waals surface area contributed by atoms with Crippen molar-refractivity contribution >= 4 is 42.6 Å². The van der Waals surface area contributed by atoms with Crippen molar-refractivity contribution < 1.29 is 4.79 Å². The van der Waals surface area contributed by atoms with Gasteiger partial charge in [0.25, 0.3) is 0 Å². The second-order valence-electron chi connectivity index (χ2n) is 3.92. The fourth-order valence-corrected chi connectivity index (χ4v) is 3.26. The van der Waals surface area contributed by atoms with Crippen LogP contribution in [0.25, 0.3) is 0 Å². The second kappa shape index (κ2) is 5.84. The number of aryl methyl sites for hydroxylation is 1. The number of halogens is 2. The molecule has 0 radical (unpaired) electrons. The van der Waals surface area contributed by atoms with Crippen LogP contribution in [0.1, 0.15) is 15.9 Å². The maximum atomic E-state index is 12.2. The Morgan fingerprint density at radius 1 is 1.00 bits per heavy atom. The van der Waals surface area contributed by atoms with Gasteiger partial charge in [-0.1, -0.05) is 59.1 Å². The van der Waals surface area contributed by atoms with Gasteiger partial charge >= 0.3 is 0 Å². The molecular weight excluding hydrogens is 286 g/mol. The van der Waals surface area contributed by atoms with Crippen molar-refractivity contribution in [3.05, 3.63) is 63.6 Å². The summed E-state index contributed by atoms with van der Waals surface area (Å²) in [6.45, 7) is 2.01. The molecule has 0 spiro atoms. The lowest BCUT2D eigenvalue weighted by molar-refractivity contribution is 0.108. The fourth-order valence-electron chi connectivity index (χ4n) is 1.55. The molecule has 0 aromatic heterocycles. The SMILES string of the molecule is Cc1ccc(PC(=O)c2c(Cl)cccc2Cl)cc1. The van der Waals surface area contributed by atoms with E-state index in [9.17, 15) is 4.79 Å². The number of rotatable bonds is 3. The Morgan fingerprint density at radius 3 is 2.11 bits per heavy atom. The lowest BCUT2D eigenvalue weighted by Gasteiger charge is -2.06. The van der Waals surface area contributed by atoms with E-state index < -0.39 is 0 Å². The Morgan fingerprint density at radius 2 is 1.56 bits per heavy atom. The first-order chi connectivity index (χ1) is 8.58. The summed E-state index contributed by atoms with van der Waals surface area (Å²) in [6, 6.07) is 13.0. The molecule has 0 amide bonds. The summed E-state index contributed by atoms with van der Waals surface area (Å²) in [5.41, 5.74) is 1.56. The average Bonchev–Trinajstić information content (AvgIpc) is 2.32. The number of carbonyl (C=O) groups excluding carboxylic acids is 1. The molecule has 0 bridgehead atoms. The molecule has 92 valence electrons. The lowest BCUT2D eigenvalue weighted by atomic mass is 10.2. The van der Waals surface area contributed by atoms with E-state index in [-0.39, 0.29) is 14.1 Å². The Balaban J connectivity index is 2.25. The van der Waals surface area contributed by atoms with Crippen molar-refractivity contribution in [2.75, 3.05) is 0 Å². The fraction of sp³-hybridized carbons (Fsp3) is 0.0714. The molecule has 1 atom stereocenters. The zero-order valence-electron chi connectivity index (χ0n) is 9.71. The first kappa shape index (κ1) is 13.5. The van der Waals surface area contributed by atoms with E-state index in [1.165, 1.54) is 5.56 Å². The third-order valence-electron chi connectivity index (χ3n) is 2.50. The molecule has 1 nitrogen and oxygen atoms in total. The Bertz CT molecular complexity index is 559. The van der Waals surface area contributed by atoms with Crippen LogP contribution in [0.5, 0.6) is 0 Å².